The van der Waals surface area contributed by atoms with Crippen molar-refractivity contribution in [1.29, 1.82) is 0 Å². The molecular weight excluding hydrogens is 427 g/mol. The molecule has 1 unspecified atom stereocenters. The van der Waals surface area contributed by atoms with Gasteiger partial charge in [-0.2, -0.15) is 13.2 Å². The number of carbonyl (C=O) groups is 2. The van der Waals surface area contributed by atoms with E-state index in [2.05, 4.69) is 21.8 Å². The number of amides is 1. The number of aryl methyl sites for hydroxylation is 1. The van der Waals surface area contributed by atoms with Crippen molar-refractivity contribution in [2.45, 2.75) is 58.2 Å². The van der Waals surface area contributed by atoms with Crippen molar-refractivity contribution in [3.63, 3.8) is 0 Å². The molecule has 32 heavy (non-hydrogen) atoms. The zero-order chi connectivity index (χ0) is 23.3. The topological polar surface area (TPSA) is 84.7 Å². The quantitative estimate of drug-likeness (QED) is 0.766. The lowest BCUT2D eigenvalue weighted by Crippen LogP contribution is -2.42. The number of hydrogen-bond donors (Lipinski definition) is 1. The maximum atomic E-state index is 12.8. The summed E-state index contributed by atoms with van der Waals surface area (Å²) >= 11 is 0. The lowest BCUT2D eigenvalue weighted by atomic mass is 9.84. The second-order valence-corrected chi connectivity index (χ2v) is 8.00. The van der Waals surface area contributed by atoms with E-state index in [1.165, 1.54) is 12.1 Å². The molecule has 1 aliphatic carbocycles. The number of pyridine rings is 1. The van der Waals surface area contributed by atoms with Crippen molar-refractivity contribution in [1.82, 2.24) is 14.5 Å². The van der Waals surface area contributed by atoms with Crippen LogP contribution in [0.3, 0.4) is 0 Å². The van der Waals surface area contributed by atoms with Crippen LogP contribution in [0, 0.1) is 12.8 Å². The van der Waals surface area contributed by atoms with Gasteiger partial charge < -0.3 is 19.3 Å². The Kier molecular flexibility index (Phi) is 7.55. The number of aliphatic carboxylic acids is 1. The Hall–Kier alpha value is -2.88. The van der Waals surface area contributed by atoms with E-state index >= 15 is 0 Å². The number of rotatable bonds is 4. The van der Waals surface area contributed by atoms with Crippen molar-refractivity contribution in [2.75, 3.05) is 6.54 Å². The average Bonchev–Trinajstić information content (AvgIpc) is 3.02. The van der Waals surface area contributed by atoms with Gasteiger partial charge in [-0.1, -0.05) is 12.5 Å². The number of carbonyl (C=O) groups excluding carboxylic acids is 1. The maximum Gasteiger partial charge on any atom is 0.490 e. The summed E-state index contributed by atoms with van der Waals surface area (Å²) < 4.78 is 40.1. The highest BCUT2D eigenvalue weighted by molar-refractivity contribution is 5.79. The van der Waals surface area contributed by atoms with Crippen LogP contribution in [-0.4, -0.2) is 50.3 Å². The standard InChI is InChI=1S/C20H25N3O2.C2HF3O2/c1-15-5-2-8-17(21-15)14-25-19-12-22-10-4-9-18(22)11-23(13-19)20(24)16-6-3-7-16;3-2(4,5)1(6)7/h2,4-5,8-10,16,19H,3,6-7,11-14H2,1H3;(H,6,7). The number of carboxylic acids is 1. The van der Waals surface area contributed by atoms with Crippen molar-refractivity contribution >= 4 is 11.9 Å². The first-order valence-corrected chi connectivity index (χ1v) is 10.4. The summed E-state index contributed by atoms with van der Waals surface area (Å²) in [6.45, 7) is 4.59. The van der Waals surface area contributed by atoms with E-state index in [0.717, 1.165) is 30.8 Å². The Morgan fingerprint density at radius 3 is 2.50 bits per heavy atom. The van der Waals surface area contributed by atoms with Gasteiger partial charge in [0.15, 0.2) is 0 Å². The molecule has 174 valence electrons. The molecule has 1 aliphatic heterocycles. The van der Waals surface area contributed by atoms with Gasteiger partial charge in [0, 0.05) is 30.0 Å². The maximum absolute atomic E-state index is 12.8. The first-order chi connectivity index (χ1) is 15.1. The number of halogens is 3. The number of aromatic nitrogens is 2. The minimum Gasteiger partial charge on any atom is -0.475 e. The van der Waals surface area contributed by atoms with E-state index in [0.29, 0.717) is 25.6 Å². The fourth-order valence-electron chi connectivity index (χ4n) is 3.62. The Bertz CT molecular complexity index is 940. The molecule has 2 aromatic heterocycles. The first-order valence-electron chi connectivity index (χ1n) is 10.4. The molecule has 7 nitrogen and oxygen atoms in total. The third kappa shape index (κ3) is 6.32. The molecule has 0 saturated heterocycles. The van der Waals surface area contributed by atoms with E-state index in [-0.39, 0.29) is 12.0 Å². The van der Waals surface area contributed by atoms with Crippen LogP contribution in [0.25, 0.3) is 0 Å². The summed E-state index contributed by atoms with van der Waals surface area (Å²) in [6.07, 6.45) is 0.234. The summed E-state index contributed by atoms with van der Waals surface area (Å²) in [4.78, 5) is 28.2. The van der Waals surface area contributed by atoms with Crippen molar-refractivity contribution in [3.8, 4) is 0 Å². The monoisotopic (exact) mass is 453 g/mol. The second-order valence-electron chi connectivity index (χ2n) is 8.00. The van der Waals surface area contributed by atoms with Gasteiger partial charge in [-0.05, 0) is 44.0 Å². The number of hydrogen-bond acceptors (Lipinski definition) is 4. The third-order valence-corrected chi connectivity index (χ3v) is 5.52. The normalized spacial score (nSPS) is 18.6. The molecule has 1 saturated carbocycles. The molecule has 0 bridgehead atoms. The number of nitrogens with zero attached hydrogens (tertiary/aromatic N) is 3. The smallest absolute Gasteiger partial charge is 0.475 e. The zero-order valence-corrected chi connectivity index (χ0v) is 17.7. The van der Waals surface area contributed by atoms with Gasteiger partial charge >= 0.3 is 12.1 Å². The van der Waals surface area contributed by atoms with Gasteiger partial charge in [-0.15, -0.1) is 0 Å². The van der Waals surface area contributed by atoms with Crippen LogP contribution in [0.2, 0.25) is 0 Å². The Balaban J connectivity index is 0.000000360. The van der Waals surface area contributed by atoms with E-state index in [4.69, 9.17) is 14.6 Å². The highest BCUT2D eigenvalue weighted by Crippen LogP contribution is 2.30. The third-order valence-electron chi connectivity index (χ3n) is 5.52. The minimum atomic E-state index is -5.08. The zero-order valence-electron chi connectivity index (χ0n) is 17.7. The molecule has 3 heterocycles. The lowest BCUT2D eigenvalue weighted by molar-refractivity contribution is -0.192. The summed E-state index contributed by atoms with van der Waals surface area (Å²) in [7, 11) is 0. The SMILES string of the molecule is Cc1cccc(COC2CN(C(=O)C3CCC3)Cc3cccn3C2)n1.O=C(O)C(F)(F)F. The summed E-state index contributed by atoms with van der Waals surface area (Å²) in [5.41, 5.74) is 3.12. The highest BCUT2D eigenvalue weighted by atomic mass is 19.4. The van der Waals surface area contributed by atoms with Crippen LogP contribution >= 0.6 is 0 Å². The number of alkyl halides is 3. The van der Waals surface area contributed by atoms with Crippen molar-refractivity contribution in [2.24, 2.45) is 5.92 Å². The molecule has 0 aromatic carbocycles. The summed E-state index contributed by atoms with van der Waals surface area (Å²) in [6, 6.07) is 10.1. The Morgan fingerprint density at radius 1 is 1.19 bits per heavy atom. The molecular formula is C22H26F3N3O4. The Morgan fingerprint density at radius 2 is 1.91 bits per heavy atom. The molecule has 1 fully saturated rings. The van der Waals surface area contributed by atoms with Crippen LogP contribution < -0.4 is 0 Å². The van der Waals surface area contributed by atoms with E-state index in [1.807, 2.05) is 36.1 Å². The Labute approximate surface area is 183 Å². The lowest BCUT2D eigenvalue weighted by Gasteiger charge is -2.32. The first kappa shape index (κ1) is 23.8. The number of fused-ring (bicyclic) bond motifs is 1. The van der Waals surface area contributed by atoms with E-state index in [9.17, 15) is 18.0 Å². The van der Waals surface area contributed by atoms with Crippen molar-refractivity contribution < 1.29 is 32.6 Å². The van der Waals surface area contributed by atoms with Crippen LogP contribution in [0.4, 0.5) is 13.2 Å². The van der Waals surface area contributed by atoms with Crippen LogP contribution in [0.1, 0.15) is 36.3 Å². The largest absolute Gasteiger partial charge is 0.490 e. The molecule has 1 amide bonds. The molecule has 1 atom stereocenters. The fraction of sp³-hybridized carbons (Fsp3) is 0.500. The second kappa shape index (κ2) is 10.2. The van der Waals surface area contributed by atoms with E-state index in [1.54, 1.807) is 0 Å². The fourth-order valence-corrected chi connectivity index (χ4v) is 3.62. The van der Waals surface area contributed by atoms with Crippen LogP contribution in [0.5, 0.6) is 0 Å². The molecule has 10 heteroatoms. The van der Waals surface area contributed by atoms with Gasteiger partial charge in [0.25, 0.3) is 0 Å². The number of carboxylic acid groups (broad SMARTS) is 1. The minimum absolute atomic E-state index is 0.0139. The molecule has 1 N–H and O–H groups in total. The molecule has 4 rings (SSSR count). The van der Waals surface area contributed by atoms with Crippen LogP contribution in [-0.2, 0) is 34.0 Å². The summed E-state index contributed by atoms with van der Waals surface area (Å²) in [5.74, 6) is -2.24. The average molecular weight is 453 g/mol. The molecule has 0 spiro atoms. The van der Waals surface area contributed by atoms with Crippen molar-refractivity contribution in [3.05, 3.63) is 53.6 Å². The summed E-state index contributed by atoms with van der Waals surface area (Å²) in [5, 5.41) is 7.12. The predicted octanol–water partition coefficient (Wildman–Crippen LogP) is 3.55. The van der Waals surface area contributed by atoms with E-state index < -0.39 is 12.1 Å². The molecule has 0 radical (unpaired) electrons. The van der Waals surface area contributed by atoms with Gasteiger partial charge in [0.1, 0.15) is 0 Å². The van der Waals surface area contributed by atoms with Gasteiger partial charge in [-0.25, -0.2) is 4.79 Å². The molecule has 2 aliphatic rings. The van der Waals surface area contributed by atoms with Crippen LogP contribution in [0.15, 0.2) is 36.5 Å². The van der Waals surface area contributed by atoms with Gasteiger partial charge in [0.05, 0.1) is 31.5 Å². The predicted molar refractivity (Wildman–Crippen MR) is 108 cm³/mol. The highest BCUT2D eigenvalue weighted by Gasteiger charge is 2.38. The van der Waals surface area contributed by atoms with Gasteiger partial charge in [-0.3, -0.25) is 9.78 Å². The molecule has 2 aromatic rings. The number of ether oxygens (including phenoxy) is 1. The van der Waals surface area contributed by atoms with Gasteiger partial charge in [0.2, 0.25) is 5.91 Å².